The summed E-state index contributed by atoms with van der Waals surface area (Å²) in [6.45, 7) is 5.57. The zero-order valence-electron chi connectivity index (χ0n) is 12.1. The van der Waals surface area contributed by atoms with Crippen molar-refractivity contribution in [2.45, 2.75) is 33.1 Å². The lowest BCUT2D eigenvalue weighted by molar-refractivity contribution is -0.127. The first-order chi connectivity index (χ1) is 9.61. The van der Waals surface area contributed by atoms with Crippen LogP contribution in [0.5, 0.6) is 0 Å². The fraction of sp³-hybridized carbons (Fsp3) is 0.412. The van der Waals surface area contributed by atoms with Crippen LogP contribution in [-0.4, -0.2) is 23.9 Å². The number of carbonyl (C=O) groups is 1. The highest BCUT2D eigenvalue weighted by atomic mass is 16.2. The average Bonchev–Trinajstić information content (AvgIpc) is 2.47. The molecule has 0 bridgehead atoms. The highest BCUT2D eigenvalue weighted by Gasteiger charge is 2.20. The van der Waals surface area contributed by atoms with Crippen LogP contribution in [0.15, 0.2) is 23.8 Å². The molecule has 1 saturated heterocycles. The SMILES string of the molecule is Cc1ccc(/C=C(\C#N)C(=O)N2CCCCC2)c(C)c1. The lowest BCUT2D eigenvalue weighted by Gasteiger charge is -2.26. The summed E-state index contributed by atoms with van der Waals surface area (Å²) in [5.74, 6) is -0.132. The average molecular weight is 268 g/mol. The number of benzene rings is 1. The number of nitrogens with zero attached hydrogens (tertiary/aromatic N) is 2. The van der Waals surface area contributed by atoms with Crippen molar-refractivity contribution in [2.75, 3.05) is 13.1 Å². The Morgan fingerprint density at radius 1 is 1.25 bits per heavy atom. The molecule has 1 aliphatic heterocycles. The number of aryl methyl sites for hydroxylation is 2. The van der Waals surface area contributed by atoms with E-state index < -0.39 is 0 Å². The summed E-state index contributed by atoms with van der Waals surface area (Å²) in [5.41, 5.74) is 3.45. The van der Waals surface area contributed by atoms with E-state index in [0.717, 1.165) is 37.1 Å². The van der Waals surface area contributed by atoms with Crippen LogP contribution in [0.25, 0.3) is 6.08 Å². The monoisotopic (exact) mass is 268 g/mol. The fourth-order valence-corrected chi connectivity index (χ4v) is 2.55. The molecule has 3 nitrogen and oxygen atoms in total. The van der Waals surface area contributed by atoms with Crippen molar-refractivity contribution in [1.29, 1.82) is 5.26 Å². The maximum atomic E-state index is 12.3. The Morgan fingerprint density at radius 2 is 1.95 bits per heavy atom. The molecule has 0 N–H and O–H groups in total. The van der Waals surface area contributed by atoms with Gasteiger partial charge in [0.25, 0.3) is 5.91 Å². The Kier molecular flexibility index (Phi) is 4.57. The van der Waals surface area contributed by atoms with Gasteiger partial charge in [0.1, 0.15) is 11.6 Å². The van der Waals surface area contributed by atoms with Gasteiger partial charge in [0.05, 0.1) is 0 Å². The first-order valence-electron chi connectivity index (χ1n) is 7.10. The Hall–Kier alpha value is -2.08. The van der Waals surface area contributed by atoms with Crippen molar-refractivity contribution in [3.8, 4) is 6.07 Å². The number of carbonyl (C=O) groups excluding carboxylic acids is 1. The predicted octanol–water partition coefficient (Wildman–Crippen LogP) is 3.22. The summed E-state index contributed by atoms with van der Waals surface area (Å²) in [6.07, 6.45) is 4.96. The molecule has 1 aromatic rings. The lowest BCUT2D eigenvalue weighted by atomic mass is 10.0. The zero-order valence-corrected chi connectivity index (χ0v) is 12.1. The minimum atomic E-state index is -0.132. The fourth-order valence-electron chi connectivity index (χ4n) is 2.55. The number of hydrogen-bond acceptors (Lipinski definition) is 2. The molecule has 1 aliphatic rings. The molecule has 3 heteroatoms. The first kappa shape index (κ1) is 14.3. The Balaban J connectivity index is 2.24. The summed E-state index contributed by atoms with van der Waals surface area (Å²) >= 11 is 0. The largest absolute Gasteiger partial charge is 0.338 e. The second-order valence-corrected chi connectivity index (χ2v) is 5.38. The number of nitriles is 1. The standard InChI is InChI=1S/C17H20N2O/c1-13-6-7-15(14(2)10-13)11-16(12-18)17(20)19-8-4-3-5-9-19/h6-7,10-11H,3-5,8-9H2,1-2H3/b16-11+. The Bertz CT molecular complexity index is 575. The summed E-state index contributed by atoms with van der Waals surface area (Å²) in [5, 5.41) is 9.27. The van der Waals surface area contributed by atoms with Gasteiger partial charge >= 0.3 is 0 Å². The van der Waals surface area contributed by atoms with Crippen molar-refractivity contribution in [3.63, 3.8) is 0 Å². The molecule has 1 amide bonds. The van der Waals surface area contributed by atoms with Crippen LogP contribution in [0.1, 0.15) is 36.0 Å². The van der Waals surface area contributed by atoms with Crippen molar-refractivity contribution < 1.29 is 4.79 Å². The molecule has 0 saturated carbocycles. The first-order valence-corrected chi connectivity index (χ1v) is 7.10. The third-order valence-corrected chi connectivity index (χ3v) is 3.72. The second-order valence-electron chi connectivity index (χ2n) is 5.38. The van der Waals surface area contributed by atoms with Gasteiger partial charge < -0.3 is 4.90 Å². The predicted molar refractivity (Wildman–Crippen MR) is 79.9 cm³/mol. The molecule has 0 aliphatic carbocycles. The summed E-state index contributed by atoms with van der Waals surface area (Å²) in [7, 11) is 0. The molecule has 104 valence electrons. The van der Waals surface area contributed by atoms with E-state index in [-0.39, 0.29) is 11.5 Å². The van der Waals surface area contributed by atoms with E-state index in [1.165, 1.54) is 12.0 Å². The number of rotatable bonds is 2. The molecule has 0 unspecified atom stereocenters. The smallest absolute Gasteiger partial charge is 0.264 e. The number of amides is 1. The van der Waals surface area contributed by atoms with Crippen molar-refractivity contribution >= 4 is 12.0 Å². The van der Waals surface area contributed by atoms with E-state index in [1.54, 1.807) is 11.0 Å². The van der Waals surface area contributed by atoms with E-state index in [0.29, 0.717) is 0 Å². The number of likely N-dealkylation sites (tertiary alicyclic amines) is 1. The van der Waals surface area contributed by atoms with Crippen LogP contribution in [0, 0.1) is 25.2 Å². The van der Waals surface area contributed by atoms with E-state index >= 15 is 0 Å². The van der Waals surface area contributed by atoms with Crippen LogP contribution < -0.4 is 0 Å². The molecule has 2 rings (SSSR count). The molecule has 0 radical (unpaired) electrons. The van der Waals surface area contributed by atoms with Crippen LogP contribution >= 0.6 is 0 Å². The van der Waals surface area contributed by atoms with Gasteiger partial charge in [0, 0.05) is 13.1 Å². The van der Waals surface area contributed by atoms with Crippen LogP contribution in [0.2, 0.25) is 0 Å². The molecular formula is C17H20N2O. The van der Waals surface area contributed by atoms with Gasteiger partial charge in [0.15, 0.2) is 0 Å². The Morgan fingerprint density at radius 3 is 2.55 bits per heavy atom. The van der Waals surface area contributed by atoms with Crippen LogP contribution in [-0.2, 0) is 4.79 Å². The molecule has 1 heterocycles. The third-order valence-electron chi connectivity index (χ3n) is 3.72. The second kappa shape index (κ2) is 6.38. The van der Waals surface area contributed by atoms with E-state index in [4.69, 9.17) is 0 Å². The minimum Gasteiger partial charge on any atom is -0.338 e. The van der Waals surface area contributed by atoms with Crippen molar-refractivity contribution in [1.82, 2.24) is 4.90 Å². The summed E-state index contributed by atoms with van der Waals surface area (Å²) < 4.78 is 0. The van der Waals surface area contributed by atoms with Crippen LogP contribution in [0.4, 0.5) is 0 Å². The molecule has 1 aromatic carbocycles. The maximum absolute atomic E-state index is 12.3. The van der Waals surface area contributed by atoms with Gasteiger partial charge in [-0.3, -0.25) is 4.79 Å². The van der Waals surface area contributed by atoms with E-state index in [2.05, 4.69) is 12.1 Å². The summed E-state index contributed by atoms with van der Waals surface area (Å²) in [4.78, 5) is 14.1. The van der Waals surface area contributed by atoms with Gasteiger partial charge in [0.2, 0.25) is 0 Å². The van der Waals surface area contributed by atoms with Crippen molar-refractivity contribution in [2.24, 2.45) is 0 Å². The lowest BCUT2D eigenvalue weighted by Crippen LogP contribution is -2.36. The normalized spacial score (nSPS) is 15.8. The third kappa shape index (κ3) is 3.27. The molecule has 0 aromatic heterocycles. The van der Waals surface area contributed by atoms with Gasteiger partial charge in [-0.1, -0.05) is 23.8 Å². The molecule has 0 spiro atoms. The van der Waals surface area contributed by atoms with Crippen molar-refractivity contribution in [3.05, 3.63) is 40.5 Å². The molecule has 0 atom stereocenters. The number of hydrogen-bond donors (Lipinski definition) is 0. The van der Waals surface area contributed by atoms with Gasteiger partial charge in [-0.15, -0.1) is 0 Å². The van der Waals surface area contributed by atoms with Gasteiger partial charge in [-0.05, 0) is 50.3 Å². The molecular weight excluding hydrogens is 248 g/mol. The van der Waals surface area contributed by atoms with Crippen LogP contribution in [0.3, 0.4) is 0 Å². The van der Waals surface area contributed by atoms with E-state index in [1.807, 2.05) is 26.0 Å². The zero-order chi connectivity index (χ0) is 14.5. The molecule has 20 heavy (non-hydrogen) atoms. The number of piperidine rings is 1. The quantitative estimate of drug-likeness (QED) is 0.610. The highest BCUT2D eigenvalue weighted by molar-refractivity contribution is 6.01. The van der Waals surface area contributed by atoms with Gasteiger partial charge in [-0.2, -0.15) is 5.26 Å². The minimum absolute atomic E-state index is 0.132. The highest BCUT2D eigenvalue weighted by Crippen LogP contribution is 2.17. The maximum Gasteiger partial charge on any atom is 0.264 e. The topological polar surface area (TPSA) is 44.1 Å². The van der Waals surface area contributed by atoms with E-state index in [9.17, 15) is 10.1 Å². The molecule has 1 fully saturated rings. The summed E-state index contributed by atoms with van der Waals surface area (Å²) in [6, 6.07) is 8.08. The van der Waals surface area contributed by atoms with Gasteiger partial charge in [-0.25, -0.2) is 0 Å². The Labute approximate surface area is 120 Å².